The maximum atomic E-state index is 4.45. The number of rotatable bonds is 7. The number of anilines is 3. The minimum Gasteiger partial charge on any atom is -0.354 e. The lowest BCUT2D eigenvalue weighted by Crippen LogP contribution is -2.25. The van der Waals surface area contributed by atoms with E-state index < -0.39 is 0 Å². The molecule has 0 aromatic carbocycles. The minimum atomic E-state index is 0.627. The second kappa shape index (κ2) is 7.25. The Morgan fingerprint density at radius 3 is 2.33 bits per heavy atom. The first kappa shape index (κ1) is 14.8. The molecule has 1 rings (SSSR count). The van der Waals surface area contributed by atoms with Gasteiger partial charge >= 0.3 is 0 Å². The van der Waals surface area contributed by atoms with Crippen LogP contribution in [0.5, 0.6) is 0 Å². The molecule has 1 aromatic heterocycles. The third-order valence-electron chi connectivity index (χ3n) is 2.32. The largest absolute Gasteiger partial charge is 0.354 e. The van der Waals surface area contributed by atoms with Crippen LogP contribution in [0, 0.1) is 0 Å². The van der Waals surface area contributed by atoms with Gasteiger partial charge in [0.05, 0.1) is 0 Å². The lowest BCUT2D eigenvalue weighted by molar-refractivity contribution is 0.869. The molecule has 0 spiro atoms. The zero-order valence-corrected chi connectivity index (χ0v) is 12.6. The van der Waals surface area contributed by atoms with Gasteiger partial charge in [-0.1, -0.05) is 0 Å². The predicted octanol–water partition coefficient (Wildman–Crippen LogP) is 1.17. The second-order valence-corrected chi connectivity index (χ2v) is 5.08. The first-order valence-electron chi connectivity index (χ1n) is 5.95. The molecule has 0 bridgehead atoms. The Labute approximate surface area is 113 Å². The normalized spacial score (nSPS) is 10.3. The fourth-order valence-electron chi connectivity index (χ4n) is 1.29. The van der Waals surface area contributed by atoms with E-state index in [1.807, 2.05) is 49.6 Å². The summed E-state index contributed by atoms with van der Waals surface area (Å²) in [6, 6.07) is 0. The molecule has 0 fully saturated rings. The summed E-state index contributed by atoms with van der Waals surface area (Å²) in [4.78, 5) is 17.1. The first-order valence-corrected chi connectivity index (χ1v) is 7.35. The smallest absolute Gasteiger partial charge is 0.231 e. The quantitative estimate of drug-likeness (QED) is 0.798. The van der Waals surface area contributed by atoms with Crippen LogP contribution in [-0.2, 0) is 0 Å². The van der Waals surface area contributed by atoms with Crippen molar-refractivity contribution in [3.8, 4) is 0 Å². The molecule has 1 heterocycles. The zero-order chi connectivity index (χ0) is 13.5. The summed E-state index contributed by atoms with van der Waals surface area (Å²) in [6.07, 6.45) is 2.09. The number of thioether (sulfide) groups is 1. The van der Waals surface area contributed by atoms with Crippen molar-refractivity contribution >= 4 is 29.6 Å². The van der Waals surface area contributed by atoms with Crippen molar-refractivity contribution in [2.75, 3.05) is 61.4 Å². The van der Waals surface area contributed by atoms with Gasteiger partial charge in [0, 0.05) is 40.0 Å². The minimum absolute atomic E-state index is 0.627. The molecule has 0 atom stereocenters. The molecular formula is C11H22N6S. The standard InChI is InChI=1S/C11H22N6S/c1-6-12-9-13-10(16(2)3)15-11(14-9)17(4)7-8-18-5/h6-8H2,1-5H3,(H,12,13,14,15). The van der Waals surface area contributed by atoms with Crippen LogP contribution in [0.1, 0.15) is 6.92 Å². The Hall–Kier alpha value is -1.24. The van der Waals surface area contributed by atoms with E-state index in [4.69, 9.17) is 0 Å². The highest BCUT2D eigenvalue weighted by Gasteiger charge is 2.10. The van der Waals surface area contributed by atoms with Crippen LogP contribution in [0.2, 0.25) is 0 Å². The summed E-state index contributed by atoms with van der Waals surface area (Å²) in [7, 11) is 5.86. The zero-order valence-electron chi connectivity index (χ0n) is 11.8. The third kappa shape index (κ3) is 4.21. The number of nitrogens with zero attached hydrogens (tertiary/aromatic N) is 5. The first-order chi connectivity index (χ1) is 8.58. The molecule has 0 unspecified atom stereocenters. The summed E-state index contributed by atoms with van der Waals surface area (Å²) in [6.45, 7) is 3.74. The molecule has 1 aromatic rings. The van der Waals surface area contributed by atoms with Crippen LogP contribution < -0.4 is 15.1 Å². The number of aromatic nitrogens is 3. The lowest BCUT2D eigenvalue weighted by Gasteiger charge is -2.19. The molecule has 0 saturated carbocycles. The molecule has 6 nitrogen and oxygen atoms in total. The fraction of sp³-hybridized carbons (Fsp3) is 0.727. The van der Waals surface area contributed by atoms with Crippen molar-refractivity contribution in [3.63, 3.8) is 0 Å². The number of hydrogen-bond donors (Lipinski definition) is 1. The SMILES string of the molecule is CCNc1nc(N(C)C)nc(N(C)CCSC)n1. The molecular weight excluding hydrogens is 248 g/mol. The molecule has 1 N–H and O–H groups in total. The Balaban J connectivity index is 2.94. The second-order valence-electron chi connectivity index (χ2n) is 4.10. The van der Waals surface area contributed by atoms with Gasteiger partial charge in [0.2, 0.25) is 17.8 Å². The van der Waals surface area contributed by atoms with Crippen molar-refractivity contribution in [1.82, 2.24) is 15.0 Å². The van der Waals surface area contributed by atoms with Crippen molar-refractivity contribution in [1.29, 1.82) is 0 Å². The molecule has 18 heavy (non-hydrogen) atoms. The van der Waals surface area contributed by atoms with Gasteiger partial charge in [-0.15, -0.1) is 0 Å². The highest BCUT2D eigenvalue weighted by molar-refractivity contribution is 7.98. The fourth-order valence-corrected chi connectivity index (χ4v) is 1.75. The number of nitrogens with one attached hydrogen (secondary N) is 1. The van der Waals surface area contributed by atoms with Crippen LogP contribution in [0.15, 0.2) is 0 Å². The highest BCUT2D eigenvalue weighted by Crippen LogP contribution is 2.14. The Bertz CT molecular complexity index is 371. The monoisotopic (exact) mass is 270 g/mol. The summed E-state index contributed by atoms with van der Waals surface area (Å²) < 4.78 is 0. The topological polar surface area (TPSA) is 57.2 Å². The Morgan fingerprint density at radius 1 is 1.11 bits per heavy atom. The molecule has 0 amide bonds. The average molecular weight is 270 g/mol. The van der Waals surface area contributed by atoms with E-state index in [2.05, 4.69) is 26.5 Å². The van der Waals surface area contributed by atoms with E-state index in [9.17, 15) is 0 Å². The third-order valence-corrected chi connectivity index (χ3v) is 2.91. The van der Waals surface area contributed by atoms with Crippen LogP contribution in [-0.4, -0.2) is 61.2 Å². The maximum Gasteiger partial charge on any atom is 0.231 e. The van der Waals surface area contributed by atoms with E-state index in [0.29, 0.717) is 17.8 Å². The van der Waals surface area contributed by atoms with Crippen LogP contribution >= 0.6 is 11.8 Å². The van der Waals surface area contributed by atoms with E-state index in [1.165, 1.54) is 0 Å². The average Bonchev–Trinajstić information content (AvgIpc) is 2.35. The molecule has 7 heteroatoms. The molecule has 0 saturated heterocycles. The van der Waals surface area contributed by atoms with Gasteiger partial charge in [0.15, 0.2) is 0 Å². The van der Waals surface area contributed by atoms with Crippen molar-refractivity contribution < 1.29 is 0 Å². The molecule has 0 aliphatic heterocycles. The maximum absolute atomic E-state index is 4.45. The van der Waals surface area contributed by atoms with Gasteiger partial charge in [0.25, 0.3) is 0 Å². The van der Waals surface area contributed by atoms with Crippen LogP contribution in [0.4, 0.5) is 17.8 Å². The Kier molecular flexibility index (Phi) is 5.97. The van der Waals surface area contributed by atoms with E-state index in [1.54, 1.807) is 0 Å². The van der Waals surface area contributed by atoms with Crippen molar-refractivity contribution in [2.24, 2.45) is 0 Å². The van der Waals surface area contributed by atoms with Crippen LogP contribution in [0.3, 0.4) is 0 Å². The molecule has 102 valence electrons. The molecule has 0 aliphatic rings. The van der Waals surface area contributed by atoms with Crippen molar-refractivity contribution in [3.05, 3.63) is 0 Å². The van der Waals surface area contributed by atoms with Gasteiger partial charge in [-0.25, -0.2) is 0 Å². The van der Waals surface area contributed by atoms with E-state index >= 15 is 0 Å². The van der Waals surface area contributed by atoms with Gasteiger partial charge < -0.3 is 15.1 Å². The summed E-state index contributed by atoms with van der Waals surface area (Å²) in [5.41, 5.74) is 0. The molecule has 0 aliphatic carbocycles. The molecule has 0 radical (unpaired) electrons. The lowest BCUT2D eigenvalue weighted by atomic mass is 10.6. The highest BCUT2D eigenvalue weighted by atomic mass is 32.2. The van der Waals surface area contributed by atoms with Gasteiger partial charge in [0.1, 0.15) is 0 Å². The van der Waals surface area contributed by atoms with Gasteiger partial charge in [-0.05, 0) is 13.2 Å². The predicted molar refractivity (Wildman–Crippen MR) is 80.0 cm³/mol. The van der Waals surface area contributed by atoms with E-state index in [-0.39, 0.29) is 0 Å². The van der Waals surface area contributed by atoms with E-state index in [0.717, 1.165) is 18.8 Å². The summed E-state index contributed by atoms with van der Waals surface area (Å²) >= 11 is 1.81. The van der Waals surface area contributed by atoms with Gasteiger partial charge in [-0.2, -0.15) is 26.7 Å². The number of hydrogen-bond acceptors (Lipinski definition) is 7. The summed E-state index contributed by atoms with van der Waals surface area (Å²) in [5.74, 6) is 3.06. The van der Waals surface area contributed by atoms with Crippen molar-refractivity contribution in [2.45, 2.75) is 6.92 Å². The summed E-state index contributed by atoms with van der Waals surface area (Å²) in [5, 5.41) is 3.13. The Morgan fingerprint density at radius 2 is 1.78 bits per heavy atom. The van der Waals surface area contributed by atoms with Crippen LogP contribution in [0.25, 0.3) is 0 Å². The van der Waals surface area contributed by atoms with Gasteiger partial charge in [-0.3, -0.25) is 0 Å².